The minimum absolute atomic E-state index is 0.0825. The van der Waals surface area contributed by atoms with Crippen LogP contribution in [0.2, 0.25) is 0 Å². The second-order valence-corrected chi connectivity index (χ2v) is 11.9. The van der Waals surface area contributed by atoms with Crippen molar-refractivity contribution in [1.82, 2.24) is 29.5 Å². The highest BCUT2D eigenvalue weighted by Crippen LogP contribution is 2.27. The van der Waals surface area contributed by atoms with Crippen molar-refractivity contribution in [2.24, 2.45) is 11.3 Å². The molecule has 0 spiro atoms. The fourth-order valence-electron chi connectivity index (χ4n) is 5.15. The van der Waals surface area contributed by atoms with E-state index in [4.69, 9.17) is 0 Å². The Labute approximate surface area is 237 Å². The molecule has 0 bridgehead atoms. The molecule has 1 aliphatic rings. The van der Waals surface area contributed by atoms with Crippen LogP contribution in [0.1, 0.15) is 69.9 Å². The Hall–Kier alpha value is -3.75. The summed E-state index contributed by atoms with van der Waals surface area (Å²) in [7, 11) is 0. The van der Waals surface area contributed by atoms with Gasteiger partial charge in [0, 0.05) is 50.2 Å². The number of nitrogens with one attached hydrogen (secondary N) is 1. The number of likely N-dealkylation sites (tertiary alicyclic amines) is 1. The number of aromatic nitrogens is 3. The summed E-state index contributed by atoms with van der Waals surface area (Å²) in [6.45, 7) is 11.3. The van der Waals surface area contributed by atoms with Crippen LogP contribution in [0.25, 0.3) is 5.65 Å². The topological polar surface area (TPSA) is 99.9 Å². The molecule has 9 nitrogen and oxygen atoms in total. The van der Waals surface area contributed by atoms with Crippen LogP contribution in [0.5, 0.6) is 0 Å². The first kappa shape index (κ1) is 29.2. The van der Waals surface area contributed by atoms with Crippen molar-refractivity contribution in [3.05, 3.63) is 66.4 Å². The summed E-state index contributed by atoms with van der Waals surface area (Å²) in [4.78, 5) is 52.9. The van der Waals surface area contributed by atoms with Gasteiger partial charge in [-0.1, -0.05) is 65.0 Å². The van der Waals surface area contributed by atoms with E-state index in [1.807, 2.05) is 62.6 Å². The summed E-state index contributed by atoms with van der Waals surface area (Å²) in [6, 6.07) is 9.29. The zero-order valence-electron chi connectivity index (χ0n) is 24.3. The summed E-state index contributed by atoms with van der Waals surface area (Å²) in [5, 5.41) is 3.04. The van der Waals surface area contributed by atoms with Crippen LogP contribution in [0, 0.1) is 11.3 Å². The Morgan fingerprint density at radius 1 is 1.18 bits per heavy atom. The number of rotatable bonds is 10. The molecule has 4 rings (SSSR count). The van der Waals surface area contributed by atoms with E-state index in [0.717, 1.165) is 18.4 Å². The molecule has 1 N–H and O–H groups in total. The lowest BCUT2D eigenvalue weighted by molar-refractivity contribution is -0.141. The van der Waals surface area contributed by atoms with Crippen LogP contribution in [0.4, 0.5) is 0 Å². The van der Waals surface area contributed by atoms with Crippen molar-refractivity contribution in [3.8, 4) is 0 Å². The van der Waals surface area contributed by atoms with E-state index >= 15 is 0 Å². The average molecular weight is 547 g/mol. The predicted molar refractivity (Wildman–Crippen MR) is 155 cm³/mol. The molecular formula is C31H42N6O3. The largest absolute Gasteiger partial charge is 0.344 e. The maximum Gasteiger partial charge on any atom is 0.274 e. The lowest BCUT2D eigenvalue weighted by Gasteiger charge is -2.37. The quantitative estimate of drug-likeness (QED) is 0.415. The molecule has 3 heterocycles. The molecule has 3 aromatic rings. The first-order chi connectivity index (χ1) is 19.1. The number of imidazole rings is 1. The zero-order valence-corrected chi connectivity index (χ0v) is 24.3. The van der Waals surface area contributed by atoms with Crippen LogP contribution < -0.4 is 5.32 Å². The van der Waals surface area contributed by atoms with E-state index < -0.39 is 11.5 Å². The fraction of sp³-hybridized carbons (Fsp3) is 0.516. The lowest BCUT2D eigenvalue weighted by Crippen LogP contribution is -2.57. The Morgan fingerprint density at radius 2 is 1.93 bits per heavy atom. The van der Waals surface area contributed by atoms with Gasteiger partial charge in [0.1, 0.15) is 11.7 Å². The SMILES string of the molecule is CC[C@@H](C)C(=O)N[C@H](C(=O)N1CCC[C@H]1CN(CCc1ccccc1)C(=O)c1cn2ccncc2n1)C(C)(C)C. The molecule has 40 heavy (non-hydrogen) atoms. The highest BCUT2D eigenvalue weighted by atomic mass is 16.2. The van der Waals surface area contributed by atoms with Crippen molar-refractivity contribution in [2.45, 2.75) is 72.4 Å². The van der Waals surface area contributed by atoms with E-state index in [1.54, 1.807) is 29.2 Å². The van der Waals surface area contributed by atoms with Crippen LogP contribution in [0.15, 0.2) is 55.1 Å². The van der Waals surface area contributed by atoms with Gasteiger partial charge in [-0.2, -0.15) is 0 Å². The first-order valence-corrected chi connectivity index (χ1v) is 14.3. The number of carbonyl (C=O) groups is 3. The van der Waals surface area contributed by atoms with Gasteiger partial charge in [-0.3, -0.25) is 19.4 Å². The van der Waals surface area contributed by atoms with Gasteiger partial charge >= 0.3 is 0 Å². The van der Waals surface area contributed by atoms with E-state index in [9.17, 15) is 14.4 Å². The number of fused-ring (bicyclic) bond motifs is 1. The van der Waals surface area contributed by atoms with E-state index in [2.05, 4.69) is 27.4 Å². The minimum Gasteiger partial charge on any atom is -0.344 e. The summed E-state index contributed by atoms with van der Waals surface area (Å²) in [5.74, 6) is -0.524. The van der Waals surface area contributed by atoms with Crippen molar-refractivity contribution in [1.29, 1.82) is 0 Å². The molecule has 214 valence electrons. The van der Waals surface area contributed by atoms with Crippen LogP contribution >= 0.6 is 0 Å². The van der Waals surface area contributed by atoms with Gasteiger partial charge in [-0.05, 0) is 36.7 Å². The van der Waals surface area contributed by atoms with Crippen molar-refractivity contribution in [3.63, 3.8) is 0 Å². The van der Waals surface area contributed by atoms with Crippen LogP contribution in [0.3, 0.4) is 0 Å². The molecule has 0 radical (unpaired) electrons. The molecule has 0 saturated carbocycles. The summed E-state index contributed by atoms with van der Waals surface area (Å²) in [5.41, 5.74) is 1.64. The molecule has 2 aromatic heterocycles. The van der Waals surface area contributed by atoms with Gasteiger partial charge in [0.15, 0.2) is 5.65 Å². The smallest absolute Gasteiger partial charge is 0.274 e. The number of amides is 3. The fourth-order valence-corrected chi connectivity index (χ4v) is 5.15. The molecule has 0 aliphatic carbocycles. The first-order valence-electron chi connectivity index (χ1n) is 14.3. The summed E-state index contributed by atoms with van der Waals surface area (Å²) >= 11 is 0. The van der Waals surface area contributed by atoms with E-state index in [-0.39, 0.29) is 29.7 Å². The standard InChI is InChI=1S/C31H42N6O3/c1-6-22(2)28(38)34-27(31(3,4)5)30(40)37-16-10-13-24(37)20-36(17-14-23-11-8-7-9-12-23)29(39)25-21-35-18-15-32-19-26(35)33-25/h7-9,11-12,15,18-19,21-22,24,27H,6,10,13-14,16-17,20H2,1-5H3,(H,34,38)/t22-,24+,27-/m1/s1. The van der Waals surface area contributed by atoms with Crippen molar-refractivity contribution < 1.29 is 14.4 Å². The number of nitrogens with zero attached hydrogens (tertiary/aromatic N) is 5. The molecule has 1 aliphatic heterocycles. The predicted octanol–water partition coefficient (Wildman–Crippen LogP) is 3.98. The second kappa shape index (κ2) is 12.6. The van der Waals surface area contributed by atoms with Gasteiger partial charge in [0.25, 0.3) is 5.91 Å². The van der Waals surface area contributed by atoms with E-state index in [0.29, 0.717) is 43.8 Å². The van der Waals surface area contributed by atoms with Crippen molar-refractivity contribution in [2.75, 3.05) is 19.6 Å². The van der Waals surface area contributed by atoms with Crippen molar-refractivity contribution >= 4 is 23.4 Å². The maximum atomic E-state index is 14.0. The highest BCUT2D eigenvalue weighted by Gasteiger charge is 2.40. The Morgan fingerprint density at radius 3 is 2.60 bits per heavy atom. The third kappa shape index (κ3) is 6.87. The number of hydrogen-bond acceptors (Lipinski definition) is 5. The molecule has 1 aromatic carbocycles. The molecule has 3 amide bonds. The van der Waals surface area contributed by atoms with Crippen LogP contribution in [-0.2, 0) is 16.0 Å². The minimum atomic E-state index is -0.644. The maximum absolute atomic E-state index is 14.0. The monoisotopic (exact) mass is 546 g/mol. The molecule has 1 fully saturated rings. The molecule has 1 saturated heterocycles. The molecular weight excluding hydrogens is 504 g/mol. The van der Waals surface area contributed by atoms with E-state index in [1.165, 1.54) is 0 Å². The van der Waals surface area contributed by atoms with Gasteiger partial charge in [-0.15, -0.1) is 0 Å². The van der Waals surface area contributed by atoms with Gasteiger partial charge < -0.3 is 19.5 Å². The van der Waals surface area contributed by atoms with Gasteiger partial charge in [0.2, 0.25) is 11.8 Å². The number of carbonyl (C=O) groups excluding carboxylic acids is 3. The summed E-state index contributed by atoms with van der Waals surface area (Å²) in [6.07, 6.45) is 9.84. The molecule has 9 heteroatoms. The van der Waals surface area contributed by atoms with Gasteiger partial charge in [0.05, 0.1) is 6.20 Å². The average Bonchev–Trinajstić information content (AvgIpc) is 3.59. The number of hydrogen-bond donors (Lipinski definition) is 1. The Kier molecular flexibility index (Phi) is 9.22. The lowest BCUT2D eigenvalue weighted by atomic mass is 9.85. The summed E-state index contributed by atoms with van der Waals surface area (Å²) < 4.78 is 1.79. The Bertz CT molecular complexity index is 1280. The second-order valence-electron chi connectivity index (χ2n) is 11.9. The number of benzene rings is 1. The normalized spacial score (nSPS) is 17.0. The highest BCUT2D eigenvalue weighted by molar-refractivity contribution is 5.93. The third-order valence-corrected chi connectivity index (χ3v) is 7.83. The third-order valence-electron chi connectivity index (χ3n) is 7.83. The zero-order chi connectivity index (χ0) is 28.9. The van der Waals surface area contributed by atoms with Crippen LogP contribution in [-0.4, -0.2) is 73.6 Å². The molecule has 0 unspecified atom stereocenters. The van der Waals surface area contributed by atoms with Gasteiger partial charge in [-0.25, -0.2) is 4.98 Å². The Balaban J connectivity index is 1.56. The molecule has 3 atom stereocenters.